The van der Waals surface area contributed by atoms with Crippen molar-refractivity contribution in [2.75, 3.05) is 32.1 Å². The van der Waals surface area contributed by atoms with Gasteiger partial charge in [-0.05, 0) is 49.0 Å². The van der Waals surface area contributed by atoms with Gasteiger partial charge in [0.15, 0.2) is 11.6 Å². The quantitative estimate of drug-likeness (QED) is 0.712. The molecule has 0 saturated heterocycles. The fourth-order valence-electron chi connectivity index (χ4n) is 2.67. The van der Waals surface area contributed by atoms with Gasteiger partial charge in [-0.15, -0.1) is 0 Å². The molecule has 0 spiro atoms. The topological polar surface area (TPSA) is 56.6 Å². The van der Waals surface area contributed by atoms with E-state index in [1.165, 1.54) is 48.4 Å². The molecule has 27 heavy (non-hydrogen) atoms. The van der Waals surface area contributed by atoms with Gasteiger partial charge in [0.1, 0.15) is 5.82 Å². The van der Waals surface area contributed by atoms with Crippen LogP contribution in [0.4, 0.5) is 14.5 Å². The Bertz CT molecular complexity index is 819. The van der Waals surface area contributed by atoms with Crippen molar-refractivity contribution >= 4 is 11.6 Å². The summed E-state index contributed by atoms with van der Waals surface area (Å²) < 4.78 is 31.8. The number of hydrogen-bond donors (Lipinski definition) is 0. The highest BCUT2D eigenvalue weighted by Crippen LogP contribution is 2.19. The number of halogens is 2. The van der Waals surface area contributed by atoms with Crippen LogP contribution in [0, 0.1) is 23.0 Å². The highest BCUT2D eigenvalue weighted by molar-refractivity contribution is 5.94. The molecule has 0 radical (unpaired) electrons. The number of benzene rings is 2. The Kier molecular flexibility index (Phi) is 7.26. The number of nitrogens with zero attached hydrogens (tertiary/aromatic N) is 3. The predicted molar refractivity (Wildman–Crippen MR) is 98.3 cm³/mol. The third-order valence-corrected chi connectivity index (χ3v) is 3.96. The molecular weight excluding hydrogens is 352 g/mol. The molecule has 2 rings (SSSR count). The van der Waals surface area contributed by atoms with Crippen molar-refractivity contribution in [2.24, 2.45) is 0 Å². The SMILES string of the molecule is COc1ccc(CN(C)CC(=O)N(CCC#N)c2ccc(F)cc2)cc1F. The van der Waals surface area contributed by atoms with Crippen LogP contribution in [0.5, 0.6) is 5.75 Å². The molecule has 0 aliphatic rings. The fraction of sp³-hybridized carbons (Fsp3) is 0.300. The van der Waals surface area contributed by atoms with Gasteiger partial charge < -0.3 is 9.64 Å². The van der Waals surface area contributed by atoms with E-state index < -0.39 is 11.6 Å². The van der Waals surface area contributed by atoms with Crippen molar-refractivity contribution in [1.29, 1.82) is 5.26 Å². The first-order valence-electron chi connectivity index (χ1n) is 8.38. The lowest BCUT2D eigenvalue weighted by atomic mass is 10.2. The first-order chi connectivity index (χ1) is 12.9. The Balaban J connectivity index is 2.05. The Hall–Kier alpha value is -2.98. The monoisotopic (exact) mass is 373 g/mol. The lowest BCUT2D eigenvalue weighted by Gasteiger charge is -2.25. The summed E-state index contributed by atoms with van der Waals surface area (Å²) in [6.45, 7) is 0.643. The van der Waals surface area contributed by atoms with E-state index in [4.69, 9.17) is 10.00 Å². The van der Waals surface area contributed by atoms with Crippen LogP contribution in [0.15, 0.2) is 42.5 Å². The second-order valence-electron chi connectivity index (χ2n) is 6.07. The Morgan fingerprint density at radius 3 is 2.48 bits per heavy atom. The van der Waals surface area contributed by atoms with Crippen LogP contribution >= 0.6 is 0 Å². The van der Waals surface area contributed by atoms with E-state index in [0.717, 1.165) is 0 Å². The molecule has 142 valence electrons. The maximum Gasteiger partial charge on any atom is 0.241 e. The molecule has 0 fully saturated rings. The van der Waals surface area contributed by atoms with Crippen molar-refractivity contribution in [2.45, 2.75) is 13.0 Å². The number of carbonyl (C=O) groups excluding carboxylic acids is 1. The van der Waals surface area contributed by atoms with E-state index in [-0.39, 0.29) is 31.2 Å². The zero-order valence-electron chi connectivity index (χ0n) is 15.3. The van der Waals surface area contributed by atoms with E-state index in [1.807, 2.05) is 6.07 Å². The Morgan fingerprint density at radius 2 is 1.89 bits per heavy atom. The Labute approximate surface area is 157 Å². The molecule has 5 nitrogen and oxygen atoms in total. The molecule has 2 aromatic carbocycles. The highest BCUT2D eigenvalue weighted by atomic mass is 19.1. The van der Waals surface area contributed by atoms with Gasteiger partial charge in [-0.3, -0.25) is 9.69 Å². The summed E-state index contributed by atoms with van der Waals surface area (Å²) in [6.07, 6.45) is 0.163. The summed E-state index contributed by atoms with van der Waals surface area (Å²) in [7, 11) is 3.14. The minimum atomic E-state index is -0.461. The Morgan fingerprint density at radius 1 is 1.19 bits per heavy atom. The van der Waals surface area contributed by atoms with Crippen molar-refractivity contribution < 1.29 is 18.3 Å². The van der Waals surface area contributed by atoms with Crippen LogP contribution in [0.1, 0.15) is 12.0 Å². The zero-order chi connectivity index (χ0) is 19.8. The molecule has 0 N–H and O–H groups in total. The normalized spacial score (nSPS) is 10.5. The van der Waals surface area contributed by atoms with Crippen LogP contribution < -0.4 is 9.64 Å². The second kappa shape index (κ2) is 9.64. The number of ether oxygens (including phenoxy) is 1. The second-order valence-corrected chi connectivity index (χ2v) is 6.07. The standard InChI is InChI=1S/C20H21F2N3O2/c1-24(13-15-4-9-19(27-2)18(22)12-15)14-20(26)25(11-3-10-23)17-7-5-16(21)6-8-17/h4-9,12H,3,11,13-14H2,1-2H3. The lowest BCUT2D eigenvalue weighted by Crippen LogP contribution is -2.39. The number of likely N-dealkylation sites (N-methyl/N-ethyl adjacent to an activating group) is 1. The summed E-state index contributed by atoms with van der Waals surface area (Å²) in [5.74, 6) is -0.924. The maximum absolute atomic E-state index is 13.8. The molecule has 2 aromatic rings. The summed E-state index contributed by atoms with van der Waals surface area (Å²) >= 11 is 0. The van der Waals surface area contributed by atoms with Crippen LogP contribution in [0.3, 0.4) is 0 Å². The van der Waals surface area contributed by atoms with Crippen molar-refractivity contribution in [3.8, 4) is 11.8 Å². The highest BCUT2D eigenvalue weighted by Gasteiger charge is 2.18. The van der Waals surface area contributed by atoms with Gasteiger partial charge >= 0.3 is 0 Å². The number of methoxy groups -OCH3 is 1. The first-order valence-corrected chi connectivity index (χ1v) is 8.38. The maximum atomic E-state index is 13.8. The molecule has 1 amide bonds. The van der Waals surface area contributed by atoms with Gasteiger partial charge in [0.2, 0.25) is 5.91 Å². The van der Waals surface area contributed by atoms with Gasteiger partial charge in [-0.25, -0.2) is 8.78 Å². The summed E-state index contributed by atoms with van der Waals surface area (Å²) in [5, 5.41) is 8.83. The predicted octanol–water partition coefficient (Wildman–Crippen LogP) is 3.35. The van der Waals surface area contributed by atoms with E-state index >= 15 is 0 Å². The van der Waals surface area contributed by atoms with Crippen molar-refractivity contribution in [3.05, 3.63) is 59.7 Å². The molecule has 0 heterocycles. The van der Waals surface area contributed by atoms with Crippen LogP contribution in [-0.2, 0) is 11.3 Å². The van der Waals surface area contributed by atoms with Gasteiger partial charge in [0.25, 0.3) is 0 Å². The minimum Gasteiger partial charge on any atom is -0.494 e. The summed E-state index contributed by atoms with van der Waals surface area (Å²) in [6, 6.07) is 12.2. The molecule has 0 saturated carbocycles. The van der Waals surface area contributed by atoms with E-state index in [2.05, 4.69) is 0 Å². The van der Waals surface area contributed by atoms with Gasteiger partial charge in [0, 0.05) is 18.8 Å². The largest absolute Gasteiger partial charge is 0.494 e. The molecule has 0 atom stereocenters. The molecular formula is C20H21F2N3O2. The molecule has 0 aliphatic carbocycles. The molecule has 0 bridgehead atoms. The number of amides is 1. The summed E-state index contributed by atoms with van der Waals surface area (Å²) in [5.41, 5.74) is 1.23. The van der Waals surface area contributed by atoms with Crippen LogP contribution in [-0.4, -0.2) is 38.1 Å². The molecule has 0 aliphatic heterocycles. The van der Waals surface area contributed by atoms with E-state index in [1.54, 1.807) is 18.0 Å². The van der Waals surface area contributed by atoms with Crippen LogP contribution in [0.2, 0.25) is 0 Å². The number of rotatable bonds is 8. The molecule has 0 aromatic heterocycles. The third-order valence-electron chi connectivity index (χ3n) is 3.96. The number of anilines is 1. The number of carbonyl (C=O) groups is 1. The first kappa shape index (κ1) is 20.3. The average molecular weight is 373 g/mol. The van der Waals surface area contributed by atoms with Gasteiger partial charge in [-0.2, -0.15) is 5.26 Å². The van der Waals surface area contributed by atoms with Gasteiger partial charge in [0.05, 0.1) is 26.1 Å². The summed E-state index contributed by atoms with van der Waals surface area (Å²) in [4.78, 5) is 15.9. The number of nitriles is 1. The molecule has 7 heteroatoms. The van der Waals surface area contributed by atoms with Crippen molar-refractivity contribution in [1.82, 2.24) is 4.90 Å². The third kappa shape index (κ3) is 5.76. The zero-order valence-corrected chi connectivity index (χ0v) is 15.3. The molecule has 0 unspecified atom stereocenters. The fourth-order valence-corrected chi connectivity index (χ4v) is 2.67. The minimum absolute atomic E-state index is 0.0659. The van der Waals surface area contributed by atoms with E-state index in [9.17, 15) is 13.6 Å². The lowest BCUT2D eigenvalue weighted by molar-refractivity contribution is -0.119. The average Bonchev–Trinajstić information content (AvgIpc) is 2.63. The smallest absolute Gasteiger partial charge is 0.241 e. The van der Waals surface area contributed by atoms with Gasteiger partial charge in [-0.1, -0.05) is 6.07 Å². The van der Waals surface area contributed by atoms with Crippen LogP contribution in [0.25, 0.3) is 0 Å². The van der Waals surface area contributed by atoms with Crippen molar-refractivity contribution in [3.63, 3.8) is 0 Å². The van der Waals surface area contributed by atoms with E-state index in [0.29, 0.717) is 17.8 Å². The number of hydrogen-bond acceptors (Lipinski definition) is 4.